The van der Waals surface area contributed by atoms with E-state index in [-0.39, 0.29) is 6.10 Å². The minimum absolute atomic E-state index is 0.133. The second kappa shape index (κ2) is 5.61. The maximum Gasteiger partial charge on any atom is 0.163 e. The fourth-order valence-corrected chi connectivity index (χ4v) is 2.41. The van der Waals surface area contributed by atoms with Crippen molar-refractivity contribution in [2.24, 2.45) is 7.05 Å². The highest BCUT2D eigenvalue weighted by Crippen LogP contribution is 2.22. The summed E-state index contributed by atoms with van der Waals surface area (Å²) in [6, 6.07) is 0. The van der Waals surface area contributed by atoms with Gasteiger partial charge in [0.25, 0.3) is 0 Å². The molecule has 1 atom stereocenters. The summed E-state index contributed by atoms with van der Waals surface area (Å²) in [4.78, 5) is 0. The summed E-state index contributed by atoms with van der Waals surface area (Å²) in [6.07, 6.45) is 2.22. The number of hydrogen-bond donors (Lipinski definition) is 1. The zero-order valence-corrected chi connectivity index (χ0v) is 12.6. The average Bonchev–Trinajstić information content (AvgIpc) is 2.82. The van der Waals surface area contributed by atoms with Crippen LogP contribution in [0.5, 0.6) is 0 Å². The van der Waals surface area contributed by atoms with Crippen molar-refractivity contribution in [3.05, 3.63) is 17.5 Å². The van der Waals surface area contributed by atoms with Gasteiger partial charge >= 0.3 is 0 Å². The van der Waals surface area contributed by atoms with Crippen LogP contribution >= 0.6 is 0 Å². The number of aryl methyl sites for hydroxylation is 1. The van der Waals surface area contributed by atoms with Crippen LogP contribution in [0.3, 0.4) is 0 Å². The van der Waals surface area contributed by atoms with Crippen LogP contribution in [0.25, 0.3) is 0 Å². The molecule has 1 N–H and O–H groups in total. The van der Waals surface area contributed by atoms with E-state index in [4.69, 9.17) is 9.47 Å². The molecule has 1 saturated heterocycles. The topological polar surface area (TPSA) is 48.3 Å². The summed E-state index contributed by atoms with van der Waals surface area (Å²) >= 11 is 0. The van der Waals surface area contributed by atoms with Gasteiger partial charge in [-0.05, 0) is 19.8 Å². The molecule has 0 radical (unpaired) electrons. The first kappa shape index (κ1) is 14.5. The quantitative estimate of drug-likeness (QED) is 0.883. The van der Waals surface area contributed by atoms with Crippen molar-refractivity contribution in [3.8, 4) is 0 Å². The predicted octanol–water partition coefficient (Wildman–Crippen LogP) is 1.78. The lowest BCUT2D eigenvalue weighted by Gasteiger charge is -2.17. The molecule has 108 valence electrons. The molecule has 1 aliphatic heterocycles. The fraction of sp³-hybridized carbons (Fsp3) is 0.786. The molecule has 0 bridgehead atoms. The summed E-state index contributed by atoms with van der Waals surface area (Å²) in [5.74, 6) is 0.00649. The molecule has 5 heteroatoms. The first-order chi connectivity index (χ1) is 8.87. The number of ether oxygens (including phenoxy) is 2. The standard InChI is InChI=1S/C14H25N3O2/c1-10(2)13-11(8-17(5)16-13)6-15-7-12-9-18-14(3,4)19-12/h8,10,12,15H,6-7,9H2,1-5H3. The van der Waals surface area contributed by atoms with Gasteiger partial charge in [0.15, 0.2) is 5.79 Å². The minimum atomic E-state index is -0.441. The highest BCUT2D eigenvalue weighted by atomic mass is 16.7. The van der Waals surface area contributed by atoms with Crippen molar-refractivity contribution in [1.82, 2.24) is 15.1 Å². The van der Waals surface area contributed by atoms with Crippen LogP contribution in [0.15, 0.2) is 6.20 Å². The van der Waals surface area contributed by atoms with Gasteiger partial charge in [-0.1, -0.05) is 13.8 Å². The highest BCUT2D eigenvalue weighted by molar-refractivity contribution is 5.19. The zero-order chi connectivity index (χ0) is 14.0. The van der Waals surface area contributed by atoms with Gasteiger partial charge in [0.2, 0.25) is 0 Å². The molecule has 2 rings (SSSR count). The maximum absolute atomic E-state index is 5.76. The normalized spacial score (nSPS) is 22.3. The van der Waals surface area contributed by atoms with Crippen molar-refractivity contribution >= 4 is 0 Å². The lowest BCUT2D eigenvalue weighted by atomic mass is 10.1. The van der Waals surface area contributed by atoms with E-state index in [0.29, 0.717) is 12.5 Å². The molecule has 1 aromatic heterocycles. The molecule has 0 aliphatic carbocycles. The van der Waals surface area contributed by atoms with E-state index in [1.807, 2.05) is 25.6 Å². The van der Waals surface area contributed by atoms with Gasteiger partial charge in [0, 0.05) is 31.9 Å². The smallest absolute Gasteiger partial charge is 0.163 e. The van der Waals surface area contributed by atoms with Crippen LogP contribution in [0.4, 0.5) is 0 Å². The maximum atomic E-state index is 5.76. The third-order valence-electron chi connectivity index (χ3n) is 3.24. The second-order valence-corrected chi connectivity index (χ2v) is 5.95. The Morgan fingerprint density at radius 1 is 1.53 bits per heavy atom. The lowest BCUT2D eigenvalue weighted by molar-refractivity contribution is -0.137. The summed E-state index contributed by atoms with van der Waals surface area (Å²) in [5.41, 5.74) is 2.43. The Hall–Kier alpha value is -0.910. The molecule has 5 nitrogen and oxygen atoms in total. The van der Waals surface area contributed by atoms with Crippen LogP contribution in [0.2, 0.25) is 0 Å². The van der Waals surface area contributed by atoms with Gasteiger partial charge in [0.05, 0.1) is 18.4 Å². The van der Waals surface area contributed by atoms with E-state index in [2.05, 4.69) is 30.5 Å². The van der Waals surface area contributed by atoms with Crippen LogP contribution in [0.1, 0.15) is 44.9 Å². The van der Waals surface area contributed by atoms with E-state index >= 15 is 0 Å². The van der Waals surface area contributed by atoms with E-state index in [1.165, 1.54) is 11.3 Å². The van der Waals surface area contributed by atoms with Gasteiger partial charge in [-0.15, -0.1) is 0 Å². The molecule has 1 aromatic rings. The molecule has 0 aromatic carbocycles. The molecule has 0 saturated carbocycles. The molecular weight excluding hydrogens is 242 g/mol. The van der Waals surface area contributed by atoms with E-state index < -0.39 is 5.79 Å². The number of nitrogens with one attached hydrogen (secondary N) is 1. The number of rotatable bonds is 5. The third-order valence-corrected chi connectivity index (χ3v) is 3.24. The highest BCUT2D eigenvalue weighted by Gasteiger charge is 2.32. The van der Waals surface area contributed by atoms with E-state index in [9.17, 15) is 0 Å². The number of nitrogens with zero attached hydrogens (tertiary/aromatic N) is 2. The van der Waals surface area contributed by atoms with Crippen LogP contribution in [-0.4, -0.2) is 34.8 Å². The van der Waals surface area contributed by atoms with E-state index in [1.54, 1.807) is 0 Å². The average molecular weight is 267 g/mol. The van der Waals surface area contributed by atoms with Gasteiger partial charge in [0.1, 0.15) is 0 Å². The summed E-state index contributed by atoms with van der Waals surface area (Å²) < 4.78 is 13.2. The lowest BCUT2D eigenvalue weighted by Crippen LogP contribution is -2.30. The molecular formula is C14H25N3O2. The predicted molar refractivity (Wildman–Crippen MR) is 73.9 cm³/mol. The van der Waals surface area contributed by atoms with Crippen LogP contribution in [0, 0.1) is 0 Å². The fourth-order valence-electron chi connectivity index (χ4n) is 2.41. The summed E-state index contributed by atoms with van der Waals surface area (Å²) in [6.45, 7) is 10.5. The largest absolute Gasteiger partial charge is 0.348 e. The van der Waals surface area contributed by atoms with Crippen molar-refractivity contribution < 1.29 is 9.47 Å². The van der Waals surface area contributed by atoms with Gasteiger partial charge in [-0.25, -0.2) is 0 Å². The molecule has 1 aliphatic rings. The molecule has 1 unspecified atom stereocenters. The Morgan fingerprint density at radius 3 is 2.84 bits per heavy atom. The second-order valence-electron chi connectivity index (χ2n) is 5.95. The van der Waals surface area contributed by atoms with Crippen LogP contribution in [-0.2, 0) is 23.1 Å². The first-order valence-corrected chi connectivity index (χ1v) is 6.92. The Balaban J connectivity index is 1.83. The van der Waals surface area contributed by atoms with E-state index in [0.717, 1.165) is 13.1 Å². The Labute approximate surface area is 115 Å². The van der Waals surface area contributed by atoms with Gasteiger partial charge < -0.3 is 14.8 Å². The van der Waals surface area contributed by atoms with Gasteiger partial charge in [-0.3, -0.25) is 4.68 Å². The van der Waals surface area contributed by atoms with Crippen molar-refractivity contribution in [1.29, 1.82) is 0 Å². The van der Waals surface area contributed by atoms with Crippen LogP contribution < -0.4 is 5.32 Å². The molecule has 2 heterocycles. The Kier molecular flexibility index (Phi) is 4.28. The molecule has 1 fully saturated rings. The zero-order valence-electron chi connectivity index (χ0n) is 12.6. The minimum Gasteiger partial charge on any atom is -0.348 e. The van der Waals surface area contributed by atoms with Gasteiger partial charge in [-0.2, -0.15) is 5.10 Å². The van der Waals surface area contributed by atoms with Crippen molar-refractivity contribution in [2.45, 2.75) is 52.0 Å². The number of hydrogen-bond acceptors (Lipinski definition) is 4. The summed E-state index contributed by atoms with van der Waals surface area (Å²) in [5, 5.41) is 7.94. The molecule has 0 spiro atoms. The van der Waals surface area contributed by atoms with Crippen molar-refractivity contribution in [2.75, 3.05) is 13.2 Å². The third kappa shape index (κ3) is 3.78. The van der Waals surface area contributed by atoms with Crippen molar-refractivity contribution in [3.63, 3.8) is 0 Å². The first-order valence-electron chi connectivity index (χ1n) is 6.92. The Morgan fingerprint density at radius 2 is 2.26 bits per heavy atom. The Bertz CT molecular complexity index is 426. The molecule has 0 amide bonds. The monoisotopic (exact) mass is 267 g/mol. The summed E-state index contributed by atoms with van der Waals surface area (Å²) in [7, 11) is 1.96. The SMILES string of the molecule is CC(C)c1nn(C)cc1CNCC1COC(C)(C)O1. The molecule has 19 heavy (non-hydrogen) atoms. The number of aromatic nitrogens is 2.